The second kappa shape index (κ2) is 5.24. The molecule has 2 nitrogen and oxygen atoms in total. The molecular weight excluding hydrogens is 300 g/mol. The summed E-state index contributed by atoms with van der Waals surface area (Å²) in [6, 6.07) is 9.51. The third kappa shape index (κ3) is 2.62. The van der Waals surface area contributed by atoms with E-state index in [4.69, 9.17) is 33.7 Å². The summed E-state index contributed by atoms with van der Waals surface area (Å²) in [5, 5.41) is 0.967. The van der Waals surface area contributed by atoms with E-state index in [0.29, 0.717) is 27.8 Å². The second-order valence-electron chi connectivity index (χ2n) is 4.83. The van der Waals surface area contributed by atoms with Crippen LogP contribution in [0, 0.1) is 5.82 Å². The molecule has 2 N–H and O–H groups in total. The third-order valence-corrected chi connectivity index (χ3v) is 3.82. The Labute approximate surface area is 126 Å². The molecule has 0 radical (unpaired) electrons. The van der Waals surface area contributed by atoms with Gasteiger partial charge in [-0.05, 0) is 42.0 Å². The van der Waals surface area contributed by atoms with E-state index in [-0.39, 0.29) is 18.0 Å². The minimum absolute atomic E-state index is 0.204. The van der Waals surface area contributed by atoms with Gasteiger partial charge in [0, 0.05) is 28.1 Å². The zero-order valence-corrected chi connectivity index (χ0v) is 12.0. The molecule has 0 aliphatic carbocycles. The molecule has 1 aliphatic heterocycles. The lowest BCUT2D eigenvalue weighted by atomic mass is 9.93. The Morgan fingerprint density at radius 2 is 1.90 bits per heavy atom. The van der Waals surface area contributed by atoms with E-state index in [2.05, 4.69) is 0 Å². The molecule has 0 saturated carbocycles. The highest BCUT2D eigenvalue weighted by molar-refractivity contribution is 6.31. The molecular formula is C15H12Cl2FNO. The van der Waals surface area contributed by atoms with Gasteiger partial charge in [0.1, 0.15) is 17.7 Å². The van der Waals surface area contributed by atoms with Gasteiger partial charge in [0.15, 0.2) is 0 Å². The molecule has 2 aromatic rings. The van der Waals surface area contributed by atoms with Crippen molar-refractivity contribution < 1.29 is 9.13 Å². The predicted octanol–water partition coefficient (Wildman–Crippen LogP) is 4.66. The number of hydrogen-bond acceptors (Lipinski definition) is 2. The van der Waals surface area contributed by atoms with Crippen LogP contribution >= 0.6 is 23.2 Å². The van der Waals surface area contributed by atoms with E-state index in [1.807, 2.05) is 0 Å². The standard InChI is InChI=1S/C15H12Cl2FNO/c16-9-1-2-14-12(6-9)13(19)7-15(20-14)8-3-10(17)5-11(18)4-8/h1-6,13,15H,7,19H2. The van der Waals surface area contributed by atoms with Gasteiger partial charge in [-0.25, -0.2) is 4.39 Å². The van der Waals surface area contributed by atoms with Gasteiger partial charge in [0.25, 0.3) is 0 Å². The molecule has 20 heavy (non-hydrogen) atoms. The molecule has 104 valence electrons. The maximum Gasteiger partial charge on any atom is 0.126 e. The molecule has 0 amide bonds. The van der Waals surface area contributed by atoms with E-state index in [1.165, 1.54) is 12.1 Å². The molecule has 1 heterocycles. The Balaban J connectivity index is 1.96. The minimum atomic E-state index is -0.383. The van der Waals surface area contributed by atoms with Gasteiger partial charge in [-0.2, -0.15) is 0 Å². The normalized spacial score (nSPS) is 21.2. The number of halogens is 3. The van der Waals surface area contributed by atoms with Crippen LogP contribution in [-0.2, 0) is 0 Å². The van der Waals surface area contributed by atoms with Crippen LogP contribution in [0.1, 0.15) is 29.7 Å². The minimum Gasteiger partial charge on any atom is -0.485 e. The van der Waals surface area contributed by atoms with E-state index < -0.39 is 0 Å². The summed E-state index contributed by atoms with van der Waals surface area (Å²) in [4.78, 5) is 0. The smallest absolute Gasteiger partial charge is 0.126 e. The highest BCUT2D eigenvalue weighted by Crippen LogP contribution is 2.41. The average molecular weight is 312 g/mol. The van der Waals surface area contributed by atoms with Crippen molar-refractivity contribution in [2.75, 3.05) is 0 Å². The van der Waals surface area contributed by atoms with Crippen LogP contribution in [0.3, 0.4) is 0 Å². The summed E-state index contributed by atoms with van der Waals surface area (Å²) in [5.74, 6) is 0.296. The van der Waals surface area contributed by atoms with Crippen molar-refractivity contribution in [3.8, 4) is 5.75 Å². The van der Waals surface area contributed by atoms with Gasteiger partial charge in [-0.1, -0.05) is 23.2 Å². The van der Waals surface area contributed by atoms with Crippen molar-refractivity contribution in [1.29, 1.82) is 0 Å². The zero-order valence-electron chi connectivity index (χ0n) is 10.4. The average Bonchev–Trinajstić information content (AvgIpc) is 2.38. The molecule has 0 bridgehead atoms. The first-order chi connectivity index (χ1) is 9.52. The van der Waals surface area contributed by atoms with Crippen molar-refractivity contribution in [2.24, 2.45) is 5.73 Å². The Morgan fingerprint density at radius 3 is 2.65 bits per heavy atom. The van der Waals surface area contributed by atoms with Crippen molar-refractivity contribution in [1.82, 2.24) is 0 Å². The Bertz CT molecular complexity index is 642. The fourth-order valence-corrected chi connectivity index (χ4v) is 2.85. The first-order valence-corrected chi connectivity index (χ1v) is 6.96. The van der Waals surface area contributed by atoms with E-state index in [0.717, 1.165) is 5.56 Å². The predicted molar refractivity (Wildman–Crippen MR) is 77.8 cm³/mol. The van der Waals surface area contributed by atoms with Gasteiger partial charge in [0.05, 0.1) is 0 Å². The number of rotatable bonds is 1. The van der Waals surface area contributed by atoms with Gasteiger partial charge in [-0.3, -0.25) is 0 Å². The Hall–Kier alpha value is -1.29. The Morgan fingerprint density at radius 1 is 1.10 bits per heavy atom. The summed E-state index contributed by atoms with van der Waals surface area (Å²) >= 11 is 11.8. The summed E-state index contributed by atoms with van der Waals surface area (Å²) in [6.45, 7) is 0. The number of fused-ring (bicyclic) bond motifs is 1. The monoisotopic (exact) mass is 311 g/mol. The van der Waals surface area contributed by atoms with Crippen LogP contribution in [0.15, 0.2) is 36.4 Å². The van der Waals surface area contributed by atoms with Crippen molar-refractivity contribution in [3.63, 3.8) is 0 Å². The molecule has 5 heteroatoms. The largest absolute Gasteiger partial charge is 0.485 e. The maximum atomic E-state index is 13.4. The van der Waals surface area contributed by atoms with Crippen LogP contribution < -0.4 is 10.5 Å². The fraction of sp³-hybridized carbons (Fsp3) is 0.200. The van der Waals surface area contributed by atoms with E-state index in [9.17, 15) is 4.39 Å². The highest BCUT2D eigenvalue weighted by atomic mass is 35.5. The Kier molecular flexibility index (Phi) is 3.59. The maximum absolute atomic E-state index is 13.4. The lowest BCUT2D eigenvalue weighted by Gasteiger charge is -2.30. The van der Waals surface area contributed by atoms with Gasteiger partial charge in [-0.15, -0.1) is 0 Å². The number of nitrogens with two attached hydrogens (primary N) is 1. The zero-order chi connectivity index (χ0) is 14.3. The van der Waals surface area contributed by atoms with E-state index in [1.54, 1.807) is 24.3 Å². The van der Waals surface area contributed by atoms with Crippen LogP contribution in [0.5, 0.6) is 5.75 Å². The highest BCUT2D eigenvalue weighted by Gasteiger charge is 2.27. The number of hydrogen-bond donors (Lipinski definition) is 1. The molecule has 0 spiro atoms. The third-order valence-electron chi connectivity index (χ3n) is 3.37. The SMILES string of the molecule is NC1CC(c2cc(F)cc(Cl)c2)Oc2ccc(Cl)cc21. The number of benzene rings is 2. The van der Waals surface area contributed by atoms with Gasteiger partial charge in [0.2, 0.25) is 0 Å². The molecule has 0 fully saturated rings. The van der Waals surface area contributed by atoms with Crippen LogP contribution in [0.4, 0.5) is 4.39 Å². The van der Waals surface area contributed by atoms with Crippen molar-refractivity contribution >= 4 is 23.2 Å². The van der Waals surface area contributed by atoms with Crippen molar-refractivity contribution in [2.45, 2.75) is 18.6 Å². The molecule has 2 atom stereocenters. The molecule has 0 aromatic heterocycles. The first-order valence-electron chi connectivity index (χ1n) is 6.20. The molecule has 2 unspecified atom stereocenters. The topological polar surface area (TPSA) is 35.2 Å². The van der Waals surface area contributed by atoms with Crippen LogP contribution in [0.2, 0.25) is 10.0 Å². The second-order valence-corrected chi connectivity index (χ2v) is 5.71. The van der Waals surface area contributed by atoms with Crippen LogP contribution in [-0.4, -0.2) is 0 Å². The molecule has 0 saturated heterocycles. The van der Waals surface area contributed by atoms with E-state index >= 15 is 0 Å². The lowest BCUT2D eigenvalue weighted by molar-refractivity contribution is 0.161. The molecule has 2 aromatic carbocycles. The summed E-state index contributed by atoms with van der Waals surface area (Å²) < 4.78 is 19.3. The quantitative estimate of drug-likeness (QED) is 0.831. The summed E-state index contributed by atoms with van der Waals surface area (Å²) in [5.41, 5.74) is 7.71. The summed E-state index contributed by atoms with van der Waals surface area (Å²) in [6.07, 6.45) is 0.236. The first kappa shape index (κ1) is 13.7. The van der Waals surface area contributed by atoms with Crippen LogP contribution in [0.25, 0.3) is 0 Å². The van der Waals surface area contributed by atoms with Gasteiger partial charge < -0.3 is 10.5 Å². The van der Waals surface area contributed by atoms with Gasteiger partial charge >= 0.3 is 0 Å². The molecule has 1 aliphatic rings. The van der Waals surface area contributed by atoms with Crippen molar-refractivity contribution in [3.05, 3.63) is 63.4 Å². The lowest BCUT2D eigenvalue weighted by Crippen LogP contribution is -2.24. The fourth-order valence-electron chi connectivity index (χ4n) is 2.44. The molecule has 3 rings (SSSR count). The number of ether oxygens (including phenoxy) is 1. The summed E-state index contributed by atoms with van der Waals surface area (Å²) in [7, 11) is 0.